The Morgan fingerprint density at radius 2 is 1.33 bits per heavy atom. The molecule has 4 aliphatic carbocycles. The third-order valence-electron chi connectivity index (χ3n) is 18.2. The number of cyclic esters (lactones) is 1. The summed E-state index contributed by atoms with van der Waals surface area (Å²) in [6.45, 7) is 10.4. The Labute approximate surface area is 402 Å². The molecule has 8 N–H and O–H groups in total. The van der Waals surface area contributed by atoms with Crippen LogP contribution in [-0.2, 0) is 57.0 Å². The fourth-order valence-electron chi connectivity index (χ4n) is 14.7. The molecule has 26 atom stereocenters. The van der Waals surface area contributed by atoms with E-state index in [4.69, 9.17) is 47.4 Å². The maximum Gasteiger partial charge on any atom is 0.331 e. The summed E-state index contributed by atoms with van der Waals surface area (Å²) in [6, 6.07) is 0. The number of hydrogen-bond acceptors (Lipinski definition) is 20. The smallest absolute Gasteiger partial charge is 0.331 e. The van der Waals surface area contributed by atoms with E-state index >= 15 is 0 Å². The largest absolute Gasteiger partial charge is 0.459 e. The standard InChI is InChI=1S/C49H76O20/c1-21-43(67-37-16-31(53)44(22(2)62-37)68-38-17-33(64-24(4)51)45(23(3)63-38)69-46-42(58)41(57)40(56)34(19-50)66-46)30(52)15-36(61-21)65-27-9-11-47(5)26(14-27)7-8-29-28(47)10-12-48(6)39(25-13-35(55)60-20-25)32(54)18-49(29,48)59/h13,21-23,26-34,36-46,50,52-54,56-59H,7-12,14-20H2,1-6H3/t21-,22-,23-,26+,27+,28+,29-,30+,31+,32+,33+,34-,36+,37+,38+,39+,40-,41+,42-,43-,44-,45-,46+,47+,48-,49+/m1/s1. The van der Waals surface area contributed by atoms with Crippen molar-refractivity contribution in [2.24, 2.45) is 34.5 Å². The van der Waals surface area contributed by atoms with E-state index in [1.54, 1.807) is 13.8 Å². The molecule has 9 rings (SSSR count). The lowest BCUT2D eigenvalue weighted by atomic mass is 9.43. The average Bonchev–Trinajstić information content (AvgIpc) is 3.79. The number of fused-ring (bicyclic) bond motifs is 5. The van der Waals surface area contributed by atoms with Crippen LogP contribution in [0.5, 0.6) is 0 Å². The van der Waals surface area contributed by atoms with Gasteiger partial charge in [0.2, 0.25) is 0 Å². The third kappa shape index (κ3) is 9.59. The minimum absolute atomic E-state index is 0.000687. The molecular formula is C49H76O20. The van der Waals surface area contributed by atoms with Gasteiger partial charge in [-0.25, -0.2) is 4.79 Å². The molecule has 0 aromatic carbocycles. The Kier molecular flexibility index (Phi) is 15.1. The summed E-state index contributed by atoms with van der Waals surface area (Å²) < 4.78 is 60.1. The Morgan fingerprint density at radius 1 is 0.710 bits per heavy atom. The number of ether oxygens (including phenoxy) is 10. The van der Waals surface area contributed by atoms with Crippen LogP contribution in [0.1, 0.15) is 112 Å². The Balaban J connectivity index is 0.749. The molecule has 392 valence electrons. The van der Waals surface area contributed by atoms with Gasteiger partial charge in [0.1, 0.15) is 55.4 Å². The lowest BCUT2D eigenvalue weighted by Gasteiger charge is -2.63. The van der Waals surface area contributed by atoms with Crippen molar-refractivity contribution in [1.82, 2.24) is 0 Å². The second-order valence-electron chi connectivity index (χ2n) is 22.3. The minimum atomic E-state index is -1.68. The molecule has 0 amide bonds. The molecule has 5 heterocycles. The van der Waals surface area contributed by atoms with Gasteiger partial charge in [0.25, 0.3) is 0 Å². The number of hydrogen-bond donors (Lipinski definition) is 8. The summed E-state index contributed by atoms with van der Waals surface area (Å²) in [6.07, 6.45) is -10.8. The van der Waals surface area contributed by atoms with Gasteiger partial charge in [-0.3, -0.25) is 4.79 Å². The van der Waals surface area contributed by atoms with Gasteiger partial charge >= 0.3 is 11.9 Å². The van der Waals surface area contributed by atoms with Gasteiger partial charge in [-0.15, -0.1) is 0 Å². The highest BCUT2D eigenvalue weighted by atomic mass is 16.8. The van der Waals surface area contributed by atoms with Crippen molar-refractivity contribution < 1.29 is 97.8 Å². The molecule has 20 heteroatoms. The predicted molar refractivity (Wildman–Crippen MR) is 235 cm³/mol. The second-order valence-corrected chi connectivity index (χ2v) is 22.3. The van der Waals surface area contributed by atoms with Crippen LogP contribution >= 0.6 is 0 Å². The van der Waals surface area contributed by atoms with Crippen LogP contribution in [-0.4, -0.2) is 188 Å². The predicted octanol–water partition coefficient (Wildman–Crippen LogP) is 0.613. The topological polar surface area (TPSA) is 288 Å². The van der Waals surface area contributed by atoms with Crippen LogP contribution in [0.25, 0.3) is 0 Å². The lowest BCUT2D eigenvalue weighted by Crippen LogP contribution is -2.62. The van der Waals surface area contributed by atoms with E-state index < -0.39 is 134 Å². The van der Waals surface area contributed by atoms with E-state index in [1.807, 2.05) is 6.92 Å². The number of carbonyl (C=O) groups excluding carboxylic acids is 2. The molecule has 4 saturated carbocycles. The van der Waals surface area contributed by atoms with Crippen LogP contribution in [0, 0.1) is 34.5 Å². The van der Waals surface area contributed by atoms with Gasteiger partial charge in [0, 0.05) is 50.0 Å². The first-order valence-corrected chi connectivity index (χ1v) is 25.3. The summed E-state index contributed by atoms with van der Waals surface area (Å²) >= 11 is 0. The van der Waals surface area contributed by atoms with Crippen molar-refractivity contribution in [3.63, 3.8) is 0 Å². The quantitative estimate of drug-likeness (QED) is 0.104. The number of esters is 2. The first-order chi connectivity index (χ1) is 32.6. The molecule has 5 aliphatic heterocycles. The molecule has 0 unspecified atom stereocenters. The molecule has 4 saturated heterocycles. The van der Waals surface area contributed by atoms with E-state index in [0.717, 1.165) is 50.5 Å². The normalized spacial score (nSPS) is 53.3. The molecule has 0 spiro atoms. The molecule has 20 nitrogen and oxygen atoms in total. The van der Waals surface area contributed by atoms with Crippen molar-refractivity contribution >= 4 is 11.9 Å². The highest BCUT2D eigenvalue weighted by molar-refractivity contribution is 5.85. The fourth-order valence-corrected chi connectivity index (χ4v) is 14.7. The first kappa shape index (κ1) is 51.9. The van der Waals surface area contributed by atoms with Gasteiger partial charge < -0.3 is 88.2 Å². The molecule has 0 bridgehead atoms. The highest BCUT2D eigenvalue weighted by Gasteiger charge is 2.70. The summed E-state index contributed by atoms with van der Waals surface area (Å²) in [5, 5.41) is 87.5. The summed E-state index contributed by atoms with van der Waals surface area (Å²) in [4.78, 5) is 24.2. The minimum Gasteiger partial charge on any atom is -0.459 e. The molecule has 0 radical (unpaired) electrons. The number of aliphatic hydroxyl groups is 8. The third-order valence-corrected chi connectivity index (χ3v) is 18.2. The van der Waals surface area contributed by atoms with Crippen molar-refractivity contribution in [3.05, 3.63) is 11.6 Å². The van der Waals surface area contributed by atoms with Gasteiger partial charge in [-0.2, -0.15) is 0 Å². The average molecular weight is 985 g/mol. The molecular weight excluding hydrogens is 909 g/mol. The van der Waals surface area contributed by atoms with Crippen LogP contribution in [0.2, 0.25) is 0 Å². The zero-order chi connectivity index (χ0) is 49.5. The zero-order valence-corrected chi connectivity index (χ0v) is 40.5. The molecule has 0 aromatic rings. The van der Waals surface area contributed by atoms with E-state index in [-0.39, 0.29) is 55.2 Å². The van der Waals surface area contributed by atoms with Gasteiger partial charge in [0.15, 0.2) is 25.2 Å². The Hall–Kier alpha value is -1.96. The van der Waals surface area contributed by atoms with Crippen molar-refractivity contribution in [1.29, 1.82) is 0 Å². The van der Waals surface area contributed by atoms with Gasteiger partial charge in [-0.05, 0) is 94.5 Å². The second kappa shape index (κ2) is 20.0. The maximum absolute atomic E-state index is 12.6. The first-order valence-electron chi connectivity index (χ1n) is 25.3. The molecule has 69 heavy (non-hydrogen) atoms. The highest BCUT2D eigenvalue weighted by Crippen LogP contribution is 2.70. The zero-order valence-electron chi connectivity index (χ0n) is 40.5. The summed E-state index contributed by atoms with van der Waals surface area (Å²) in [5.74, 6) is -0.609. The van der Waals surface area contributed by atoms with Crippen molar-refractivity contribution in [2.75, 3.05) is 13.2 Å². The van der Waals surface area contributed by atoms with E-state index in [0.29, 0.717) is 18.3 Å². The van der Waals surface area contributed by atoms with Crippen LogP contribution in [0.3, 0.4) is 0 Å². The molecule has 8 fully saturated rings. The summed E-state index contributed by atoms with van der Waals surface area (Å²) in [7, 11) is 0. The molecule has 0 aromatic heterocycles. The van der Waals surface area contributed by atoms with Gasteiger partial charge in [0.05, 0.1) is 54.9 Å². The number of carbonyl (C=O) groups is 2. The lowest BCUT2D eigenvalue weighted by molar-refractivity contribution is -0.355. The van der Waals surface area contributed by atoms with Crippen LogP contribution in [0.4, 0.5) is 0 Å². The van der Waals surface area contributed by atoms with Gasteiger partial charge in [-0.1, -0.05) is 13.8 Å². The van der Waals surface area contributed by atoms with Crippen LogP contribution < -0.4 is 0 Å². The number of aliphatic hydroxyl groups excluding tert-OH is 7. The fraction of sp³-hybridized carbons (Fsp3) is 0.918. The molecule has 9 aliphatic rings. The summed E-state index contributed by atoms with van der Waals surface area (Å²) in [5.41, 5.74) is -0.809. The maximum atomic E-state index is 12.6. The van der Waals surface area contributed by atoms with E-state index in [2.05, 4.69) is 13.8 Å². The Morgan fingerprint density at radius 3 is 1.93 bits per heavy atom. The van der Waals surface area contributed by atoms with Crippen molar-refractivity contribution in [2.45, 2.75) is 234 Å². The van der Waals surface area contributed by atoms with E-state index in [1.165, 1.54) is 13.0 Å². The van der Waals surface area contributed by atoms with Crippen LogP contribution in [0.15, 0.2) is 11.6 Å². The van der Waals surface area contributed by atoms with Crippen molar-refractivity contribution in [3.8, 4) is 0 Å². The monoisotopic (exact) mass is 984 g/mol. The Bertz CT molecular complexity index is 1850. The number of rotatable bonds is 11. The van der Waals surface area contributed by atoms with E-state index in [9.17, 15) is 50.4 Å². The SMILES string of the molecule is CC(=O)O[C@H]1C[C@H](O[C@H]2[C@@H](O)C[C@H](O[C@H]3[C@@H](O)C[C@H](O[C@H]4CC[C@@]5(C)[C@@H](CC[C@@H]6[C@@H]5CC[C@]5(C)[C@@H](C7=CC(=O)OC7)[C@@H](O)C[C@]65O)C4)O[C@@H]3C)O[C@@H]2C)O[C@H](C)[C@H]1O[C@@H]1O[C@H](CO)[C@@H](O)[C@H](O)[C@H]1O.